The Morgan fingerprint density at radius 3 is 2.91 bits per heavy atom. The lowest BCUT2D eigenvalue weighted by Crippen LogP contribution is -2.04. The van der Waals surface area contributed by atoms with E-state index in [-0.39, 0.29) is 5.25 Å². The van der Waals surface area contributed by atoms with Gasteiger partial charge in [-0.05, 0) is 28.8 Å². The molecule has 114 valence electrons. The molecule has 3 rings (SSSR count). The topological polar surface area (TPSA) is 74.3 Å². The first-order valence-corrected chi connectivity index (χ1v) is 8.43. The summed E-state index contributed by atoms with van der Waals surface area (Å²) < 4.78 is 3.73. The maximum Gasteiger partial charge on any atom is 0.192 e. The molecule has 3 aromatic heterocycles. The molecule has 3 heterocycles. The van der Waals surface area contributed by atoms with E-state index in [1.54, 1.807) is 27.8 Å². The van der Waals surface area contributed by atoms with Crippen LogP contribution in [0.4, 0.5) is 0 Å². The Bertz CT molecular complexity index is 759. The van der Waals surface area contributed by atoms with E-state index in [0.29, 0.717) is 6.54 Å². The van der Waals surface area contributed by atoms with Crippen LogP contribution in [-0.4, -0.2) is 35.0 Å². The molecule has 1 atom stereocenters. The Hall–Kier alpha value is -2.00. The van der Waals surface area contributed by atoms with Crippen LogP contribution in [-0.2, 0) is 13.6 Å². The predicted molar refractivity (Wildman–Crippen MR) is 86.6 cm³/mol. The van der Waals surface area contributed by atoms with Crippen molar-refractivity contribution in [3.63, 3.8) is 0 Å². The second-order valence-electron chi connectivity index (χ2n) is 4.60. The minimum Gasteiger partial charge on any atom is -0.297 e. The third-order valence-corrected chi connectivity index (χ3v) is 5.01. The lowest BCUT2D eigenvalue weighted by molar-refractivity contribution is 0.676. The number of nitrogens with zero attached hydrogens (tertiary/aromatic N) is 7. The first kappa shape index (κ1) is 14.9. The highest BCUT2D eigenvalue weighted by Crippen LogP contribution is 2.34. The molecule has 0 amide bonds. The average molecular weight is 333 g/mol. The molecule has 0 radical (unpaired) electrons. The summed E-state index contributed by atoms with van der Waals surface area (Å²) in [5, 5.41) is 23.2. The van der Waals surface area contributed by atoms with E-state index in [2.05, 4.69) is 36.9 Å². The molecule has 0 aliphatic heterocycles. The van der Waals surface area contributed by atoms with Gasteiger partial charge in [-0.2, -0.15) is 0 Å². The van der Waals surface area contributed by atoms with Gasteiger partial charge in [0.15, 0.2) is 16.8 Å². The number of allylic oxidation sites excluding steroid dienone is 1. The maximum atomic E-state index is 4.33. The van der Waals surface area contributed by atoms with Crippen LogP contribution < -0.4 is 0 Å². The van der Waals surface area contributed by atoms with Crippen molar-refractivity contribution in [2.24, 2.45) is 7.05 Å². The SMILES string of the molecule is C=CCn1c(S[C@@H](C)c2nnnn2C)nnc1-c1cccs1. The van der Waals surface area contributed by atoms with Crippen molar-refractivity contribution in [1.82, 2.24) is 35.0 Å². The smallest absolute Gasteiger partial charge is 0.192 e. The van der Waals surface area contributed by atoms with Crippen molar-refractivity contribution in [3.05, 3.63) is 36.0 Å². The number of aromatic nitrogens is 7. The summed E-state index contributed by atoms with van der Waals surface area (Å²) in [5.41, 5.74) is 0. The van der Waals surface area contributed by atoms with Crippen molar-refractivity contribution in [1.29, 1.82) is 0 Å². The summed E-state index contributed by atoms with van der Waals surface area (Å²) in [6, 6.07) is 4.05. The van der Waals surface area contributed by atoms with Crippen LogP contribution in [0.2, 0.25) is 0 Å². The van der Waals surface area contributed by atoms with Gasteiger partial charge in [-0.1, -0.05) is 23.9 Å². The largest absolute Gasteiger partial charge is 0.297 e. The van der Waals surface area contributed by atoms with Gasteiger partial charge in [0.25, 0.3) is 0 Å². The zero-order chi connectivity index (χ0) is 15.5. The summed E-state index contributed by atoms with van der Waals surface area (Å²) >= 11 is 3.23. The number of rotatable bonds is 6. The Labute approximate surface area is 136 Å². The molecule has 3 aromatic rings. The molecule has 0 spiro atoms. The average Bonchev–Trinajstić information content (AvgIpc) is 3.21. The van der Waals surface area contributed by atoms with E-state index in [1.165, 1.54) is 0 Å². The first-order chi connectivity index (χ1) is 10.7. The van der Waals surface area contributed by atoms with Gasteiger partial charge in [-0.3, -0.25) is 4.57 Å². The zero-order valence-electron chi connectivity index (χ0n) is 12.2. The minimum absolute atomic E-state index is 0.0731. The summed E-state index contributed by atoms with van der Waals surface area (Å²) in [7, 11) is 1.83. The fourth-order valence-electron chi connectivity index (χ4n) is 2.05. The Morgan fingerprint density at radius 1 is 1.41 bits per heavy atom. The van der Waals surface area contributed by atoms with Crippen LogP contribution >= 0.6 is 23.1 Å². The van der Waals surface area contributed by atoms with Crippen molar-refractivity contribution in [2.45, 2.75) is 23.9 Å². The Balaban J connectivity index is 1.91. The van der Waals surface area contributed by atoms with Crippen molar-refractivity contribution in [2.75, 3.05) is 0 Å². The fourth-order valence-corrected chi connectivity index (χ4v) is 3.76. The molecular formula is C13H15N7S2. The lowest BCUT2D eigenvalue weighted by Gasteiger charge is -2.10. The van der Waals surface area contributed by atoms with Crippen LogP contribution in [0.1, 0.15) is 18.0 Å². The second kappa shape index (κ2) is 6.41. The molecule has 0 fully saturated rings. The number of hydrogen-bond donors (Lipinski definition) is 0. The minimum atomic E-state index is 0.0731. The summed E-state index contributed by atoms with van der Waals surface area (Å²) in [4.78, 5) is 1.09. The number of aryl methyl sites for hydroxylation is 1. The zero-order valence-corrected chi connectivity index (χ0v) is 13.9. The number of thiophene rings is 1. The highest BCUT2D eigenvalue weighted by molar-refractivity contribution is 7.99. The van der Waals surface area contributed by atoms with Crippen molar-refractivity contribution >= 4 is 23.1 Å². The molecule has 0 bridgehead atoms. The summed E-state index contributed by atoms with van der Waals surface area (Å²) in [5.74, 6) is 1.66. The van der Waals surface area contributed by atoms with Gasteiger partial charge in [-0.15, -0.1) is 33.2 Å². The number of tetrazole rings is 1. The fraction of sp³-hybridized carbons (Fsp3) is 0.308. The molecule has 22 heavy (non-hydrogen) atoms. The molecule has 0 unspecified atom stereocenters. The van der Waals surface area contributed by atoms with E-state index in [0.717, 1.165) is 21.7 Å². The van der Waals surface area contributed by atoms with E-state index in [4.69, 9.17) is 0 Å². The maximum absolute atomic E-state index is 4.33. The highest BCUT2D eigenvalue weighted by Gasteiger charge is 2.20. The molecular weight excluding hydrogens is 318 g/mol. The normalized spacial score (nSPS) is 12.5. The third-order valence-electron chi connectivity index (χ3n) is 3.07. The first-order valence-electron chi connectivity index (χ1n) is 6.67. The van der Waals surface area contributed by atoms with Gasteiger partial charge >= 0.3 is 0 Å². The summed E-state index contributed by atoms with van der Waals surface area (Å²) in [6.45, 7) is 6.53. The molecule has 0 saturated heterocycles. The quantitative estimate of drug-likeness (QED) is 0.510. The molecule has 0 aliphatic rings. The van der Waals surface area contributed by atoms with Gasteiger partial charge < -0.3 is 0 Å². The molecule has 0 saturated carbocycles. The van der Waals surface area contributed by atoms with Gasteiger partial charge in [0.1, 0.15) is 0 Å². The van der Waals surface area contributed by atoms with Crippen LogP contribution in [0.25, 0.3) is 10.7 Å². The molecule has 7 nitrogen and oxygen atoms in total. The lowest BCUT2D eigenvalue weighted by atomic mass is 10.4. The predicted octanol–water partition coefficient (Wildman–Crippen LogP) is 2.57. The van der Waals surface area contributed by atoms with Gasteiger partial charge in [0, 0.05) is 13.6 Å². The molecule has 9 heteroatoms. The van der Waals surface area contributed by atoms with E-state index >= 15 is 0 Å². The Kier molecular flexibility index (Phi) is 4.34. The van der Waals surface area contributed by atoms with Crippen LogP contribution in [0.15, 0.2) is 35.3 Å². The van der Waals surface area contributed by atoms with Gasteiger partial charge in [0.05, 0.1) is 10.1 Å². The van der Waals surface area contributed by atoms with E-state index in [9.17, 15) is 0 Å². The van der Waals surface area contributed by atoms with Crippen molar-refractivity contribution < 1.29 is 0 Å². The van der Waals surface area contributed by atoms with Crippen molar-refractivity contribution in [3.8, 4) is 10.7 Å². The third kappa shape index (κ3) is 2.81. The standard InChI is InChI=1S/C13H15N7S2/c1-4-7-20-12(10-6-5-8-21-10)14-16-13(20)22-9(2)11-15-17-18-19(11)3/h4-6,8-9H,1,7H2,2-3H3/t9-/m0/s1. The Morgan fingerprint density at radius 2 is 2.27 bits per heavy atom. The van der Waals surface area contributed by atoms with Crippen LogP contribution in [0, 0.1) is 0 Å². The van der Waals surface area contributed by atoms with Crippen LogP contribution in [0.3, 0.4) is 0 Å². The van der Waals surface area contributed by atoms with E-state index < -0.39 is 0 Å². The molecule has 0 aliphatic carbocycles. The highest BCUT2D eigenvalue weighted by atomic mass is 32.2. The van der Waals surface area contributed by atoms with Crippen LogP contribution in [0.5, 0.6) is 0 Å². The second-order valence-corrected chi connectivity index (χ2v) is 6.86. The van der Waals surface area contributed by atoms with Gasteiger partial charge in [-0.25, -0.2) is 4.68 Å². The molecule has 0 aromatic carbocycles. The molecule has 0 N–H and O–H groups in total. The summed E-state index contributed by atoms with van der Waals surface area (Å²) in [6.07, 6.45) is 1.85. The number of hydrogen-bond acceptors (Lipinski definition) is 7. The van der Waals surface area contributed by atoms with E-state index in [1.807, 2.05) is 37.6 Å². The van der Waals surface area contributed by atoms with Gasteiger partial charge in [0.2, 0.25) is 0 Å². The monoisotopic (exact) mass is 333 g/mol. The number of thioether (sulfide) groups is 1.